The summed E-state index contributed by atoms with van der Waals surface area (Å²) >= 11 is 0. The average molecular weight is 323 g/mol. The summed E-state index contributed by atoms with van der Waals surface area (Å²) in [7, 11) is 0. The van der Waals surface area contributed by atoms with E-state index in [1.54, 1.807) is 25.7 Å². The molecule has 0 saturated heterocycles. The molecule has 3 aliphatic carbocycles. The lowest BCUT2D eigenvalue weighted by Crippen LogP contribution is -2.23. The number of rotatable bonds is 3. The molecule has 0 aromatic carbocycles. The maximum Gasteiger partial charge on any atom is 0.0540 e. The molecule has 3 saturated carbocycles. The molecule has 0 aromatic heterocycles. The van der Waals surface area contributed by atoms with Crippen molar-refractivity contribution in [1.82, 2.24) is 0 Å². The second-order valence-electron chi connectivity index (χ2n) is 8.67. The fourth-order valence-electron chi connectivity index (χ4n) is 5.23. The van der Waals surface area contributed by atoms with E-state index in [2.05, 4.69) is 13.8 Å². The van der Waals surface area contributed by atoms with Gasteiger partial charge in [-0.25, -0.2) is 0 Å². The largest absolute Gasteiger partial charge is 0.393 e. The van der Waals surface area contributed by atoms with Crippen molar-refractivity contribution in [1.29, 1.82) is 0 Å². The standard InChI is InChI=1S/C14H26.C8H16O/c1-2-12-8-10-14(11-9-12)13-6-4-3-5-7-13;1-2-7-3-5-8(9)6-4-7/h12-14H,2-11H2,1H3;7-9H,2-6H2,1H3. The molecule has 0 radical (unpaired) electrons. The molecule has 0 atom stereocenters. The Labute approximate surface area is 145 Å². The van der Waals surface area contributed by atoms with Gasteiger partial charge in [0.2, 0.25) is 0 Å². The van der Waals surface area contributed by atoms with Gasteiger partial charge in [0.15, 0.2) is 0 Å². The van der Waals surface area contributed by atoms with Crippen LogP contribution in [0.2, 0.25) is 0 Å². The fourth-order valence-corrected chi connectivity index (χ4v) is 5.23. The van der Waals surface area contributed by atoms with E-state index in [0.29, 0.717) is 0 Å². The van der Waals surface area contributed by atoms with E-state index in [1.807, 2.05) is 0 Å². The molecular weight excluding hydrogens is 280 g/mol. The lowest BCUT2D eigenvalue weighted by molar-refractivity contribution is 0.108. The third-order valence-corrected chi connectivity index (χ3v) is 7.18. The Morgan fingerprint density at radius 2 is 1.00 bits per heavy atom. The molecule has 0 aliphatic heterocycles. The highest BCUT2D eigenvalue weighted by Crippen LogP contribution is 2.40. The summed E-state index contributed by atoms with van der Waals surface area (Å²) in [6.45, 7) is 4.61. The van der Waals surface area contributed by atoms with E-state index in [0.717, 1.165) is 36.5 Å². The zero-order valence-electron chi connectivity index (χ0n) is 15.9. The van der Waals surface area contributed by atoms with Gasteiger partial charge >= 0.3 is 0 Å². The molecule has 1 nitrogen and oxygen atoms in total. The van der Waals surface area contributed by atoms with Gasteiger partial charge in [-0.05, 0) is 62.2 Å². The molecule has 1 heteroatoms. The second kappa shape index (κ2) is 10.7. The summed E-state index contributed by atoms with van der Waals surface area (Å²) in [6, 6.07) is 0. The van der Waals surface area contributed by atoms with Crippen LogP contribution < -0.4 is 0 Å². The molecule has 23 heavy (non-hydrogen) atoms. The Bertz CT molecular complexity index is 278. The first-order chi connectivity index (χ1) is 11.2. The molecule has 0 amide bonds. The van der Waals surface area contributed by atoms with E-state index in [4.69, 9.17) is 5.11 Å². The van der Waals surface area contributed by atoms with Crippen molar-refractivity contribution >= 4 is 0 Å². The van der Waals surface area contributed by atoms with Gasteiger partial charge in [0.1, 0.15) is 0 Å². The van der Waals surface area contributed by atoms with E-state index in [-0.39, 0.29) is 6.10 Å². The molecule has 136 valence electrons. The Morgan fingerprint density at radius 1 is 0.565 bits per heavy atom. The van der Waals surface area contributed by atoms with E-state index in [1.165, 1.54) is 57.8 Å². The normalized spacial score (nSPS) is 36.1. The Kier molecular flexibility index (Phi) is 9.01. The zero-order valence-corrected chi connectivity index (χ0v) is 15.9. The van der Waals surface area contributed by atoms with Crippen LogP contribution in [0.4, 0.5) is 0 Å². The summed E-state index contributed by atoms with van der Waals surface area (Å²) in [5, 5.41) is 9.12. The lowest BCUT2D eigenvalue weighted by atomic mass is 9.71. The van der Waals surface area contributed by atoms with Crippen molar-refractivity contribution < 1.29 is 5.11 Å². The van der Waals surface area contributed by atoms with Crippen molar-refractivity contribution in [2.24, 2.45) is 23.7 Å². The summed E-state index contributed by atoms with van der Waals surface area (Å²) in [6.07, 6.45) is 21.2. The van der Waals surface area contributed by atoms with Crippen LogP contribution in [-0.4, -0.2) is 11.2 Å². The van der Waals surface area contributed by atoms with Gasteiger partial charge in [-0.15, -0.1) is 0 Å². The van der Waals surface area contributed by atoms with Crippen LogP contribution in [0, 0.1) is 23.7 Å². The Hall–Kier alpha value is -0.0400. The van der Waals surface area contributed by atoms with E-state index in [9.17, 15) is 0 Å². The molecule has 3 fully saturated rings. The highest BCUT2D eigenvalue weighted by atomic mass is 16.3. The third-order valence-electron chi connectivity index (χ3n) is 7.18. The zero-order chi connectivity index (χ0) is 16.5. The predicted molar refractivity (Wildman–Crippen MR) is 101 cm³/mol. The first-order valence-electron chi connectivity index (χ1n) is 10.9. The molecule has 1 N–H and O–H groups in total. The maximum atomic E-state index is 9.12. The minimum absolute atomic E-state index is 0.0211. The number of aliphatic hydroxyl groups is 1. The average Bonchev–Trinajstić information content (AvgIpc) is 2.64. The molecule has 0 heterocycles. The van der Waals surface area contributed by atoms with Gasteiger partial charge in [-0.3, -0.25) is 0 Å². The minimum atomic E-state index is 0.0211. The highest BCUT2D eigenvalue weighted by molar-refractivity contribution is 4.79. The first kappa shape index (κ1) is 19.3. The number of hydrogen-bond donors (Lipinski definition) is 1. The molecule has 3 rings (SSSR count). The van der Waals surface area contributed by atoms with Gasteiger partial charge in [-0.1, -0.05) is 71.6 Å². The summed E-state index contributed by atoms with van der Waals surface area (Å²) in [5.74, 6) is 4.24. The first-order valence-corrected chi connectivity index (χ1v) is 10.9. The van der Waals surface area contributed by atoms with Crippen molar-refractivity contribution in [2.45, 2.75) is 116 Å². The lowest BCUT2D eigenvalue weighted by Gasteiger charge is -2.35. The summed E-state index contributed by atoms with van der Waals surface area (Å²) < 4.78 is 0. The van der Waals surface area contributed by atoms with E-state index >= 15 is 0 Å². The predicted octanol–water partition coefficient (Wildman–Crippen LogP) is 6.73. The second-order valence-corrected chi connectivity index (χ2v) is 8.67. The van der Waals surface area contributed by atoms with Crippen LogP contribution in [0.15, 0.2) is 0 Å². The van der Waals surface area contributed by atoms with Crippen LogP contribution in [0.1, 0.15) is 110 Å². The topological polar surface area (TPSA) is 20.2 Å². The molecule has 0 unspecified atom stereocenters. The van der Waals surface area contributed by atoms with Crippen molar-refractivity contribution in [2.75, 3.05) is 0 Å². The third kappa shape index (κ3) is 6.77. The van der Waals surface area contributed by atoms with Crippen molar-refractivity contribution in [3.8, 4) is 0 Å². The number of hydrogen-bond acceptors (Lipinski definition) is 1. The monoisotopic (exact) mass is 322 g/mol. The SMILES string of the molecule is CCC1CCC(C2CCCCC2)CC1.CCC1CCC(O)CC1. The summed E-state index contributed by atoms with van der Waals surface area (Å²) in [4.78, 5) is 0. The number of aliphatic hydroxyl groups excluding tert-OH is 1. The van der Waals surface area contributed by atoms with Gasteiger partial charge in [0.05, 0.1) is 6.10 Å². The maximum absolute atomic E-state index is 9.12. The quantitative estimate of drug-likeness (QED) is 0.610. The van der Waals surface area contributed by atoms with Crippen molar-refractivity contribution in [3.05, 3.63) is 0 Å². The molecular formula is C22H42O. The fraction of sp³-hybridized carbons (Fsp3) is 1.00. The molecule has 3 aliphatic rings. The van der Waals surface area contributed by atoms with Gasteiger partial charge in [0, 0.05) is 0 Å². The van der Waals surface area contributed by atoms with Crippen LogP contribution >= 0.6 is 0 Å². The van der Waals surface area contributed by atoms with Crippen molar-refractivity contribution in [3.63, 3.8) is 0 Å². The van der Waals surface area contributed by atoms with E-state index < -0.39 is 0 Å². The van der Waals surface area contributed by atoms with Crippen LogP contribution in [0.3, 0.4) is 0 Å². The van der Waals surface area contributed by atoms with Crippen LogP contribution in [0.5, 0.6) is 0 Å². The van der Waals surface area contributed by atoms with Gasteiger partial charge < -0.3 is 5.11 Å². The minimum Gasteiger partial charge on any atom is -0.393 e. The smallest absolute Gasteiger partial charge is 0.0540 e. The Balaban J connectivity index is 0.000000185. The van der Waals surface area contributed by atoms with Crippen LogP contribution in [-0.2, 0) is 0 Å². The summed E-state index contributed by atoms with van der Waals surface area (Å²) in [5.41, 5.74) is 0. The Morgan fingerprint density at radius 3 is 1.48 bits per heavy atom. The molecule has 0 spiro atoms. The van der Waals surface area contributed by atoms with Gasteiger partial charge in [-0.2, -0.15) is 0 Å². The molecule has 0 bridgehead atoms. The van der Waals surface area contributed by atoms with Gasteiger partial charge in [0.25, 0.3) is 0 Å². The molecule has 0 aromatic rings. The van der Waals surface area contributed by atoms with Crippen LogP contribution in [0.25, 0.3) is 0 Å². The highest BCUT2D eigenvalue weighted by Gasteiger charge is 2.27.